The predicted molar refractivity (Wildman–Crippen MR) is 77.1 cm³/mol. The molecule has 3 N–H and O–H groups in total. The van der Waals surface area contributed by atoms with Crippen LogP contribution in [0.2, 0.25) is 0 Å². The molecule has 0 saturated carbocycles. The summed E-state index contributed by atoms with van der Waals surface area (Å²) < 4.78 is 5.59. The number of carbonyl (C=O) groups excluding carboxylic acids is 1. The minimum atomic E-state index is -0.488. The van der Waals surface area contributed by atoms with Crippen LogP contribution in [0.15, 0.2) is 24.3 Å². The van der Waals surface area contributed by atoms with Crippen LogP contribution in [0, 0.1) is 0 Å². The molecule has 4 nitrogen and oxygen atoms in total. The standard InChI is InChI=1S/C15H24N2O2/c1-4-5-10-17-15(18)12(3)19-14-8-6-13(7-9-14)11(2)16/h6-9,11-12H,4-5,10,16H2,1-3H3,(H,17,18). The highest BCUT2D eigenvalue weighted by Crippen LogP contribution is 2.17. The van der Waals surface area contributed by atoms with Crippen LogP contribution in [-0.4, -0.2) is 18.6 Å². The second kappa shape index (κ2) is 7.79. The SMILES string of the molecule is CCCCNC(=O)C(C)Oc1ccc(C(C)N)cc1. The Balaban J connectivity index is 2.47. The summed E-state index contributed by atoms with van der Waals surface area (Å²) in [7, 11) is 0. The first-order valence-corrected chi connectivity index (χ1v) is 6.84. The molecule has 0 fully saturated rings. The van der Waals surface area contributed by atoms with Gasteiger partial charge in [0, 0.05) is 12.6 Å². The van der Waals surface area contributed by atoms with Crippen LogP contribution in [0.25, 0.3) is 0 Å². The fourth-order valence-corrected chi connectivity index (χ4v) is 1.64. The Morgan fingerprint density at radius 3 is 2.47 bits per heavy atom. The van der Waals surface area contributed by atoms with E-state index < -0.39 is 6.10 Å². The lowest BCUT2D eigenvalue weighted by Gasteiger charge is -2.15. The Morgan fingerprint density at radius 2 is 1.95 bits per heavy atom. The number of nitrogens with two attached hydrogens (primary N) is 1. The lowest BCUT2D eigenvalue weighted by molar-refractivity contribution is -0.127. The van der Waals surface area contributed by atoms with E-state index in [1.807, 2.05) is 31.2 Å². The molecule has 106 valence electrons. The Kier molecular flexibility index (Phi) is 6.36. The van der Waals surface area contributed by atoms with Gasteiger partial charge in [0.25, 0.3) is 5.91 Å². The molecular formula is C15H24N2O2. The maximum Gasteiger partial charge on any atom is 0.260 e. The second-order valence-corrected chi connectivity index (χ2v) is 4.76. The summed E-state index contributed by atoms with van der Waals surface area (Å²) in [4.78, 5) is 11.7. The lowest BCUT2D eigenvalue weighted by Crippen LogP contribution is -2.36. The molecule has 0 aliphatic carbocycles. The Labute approximate surface area is 115 Å². The van der Waals surface area contributed by atoms with Crippen molar-refractivity contribution in [2.75, 3.05) is 6.54 Å². The van der Waals surface area contributed by atoms with E-state index in [1.165, 1.54) is 0 Å². The molecule has 0 aliphatic heterocycles. The first kappa shape index (κ1) is 15.5. The summed E-state index contributed by atoms with van der Waals surface area (Å²) in [5.41, 5.74) is 6.82. The van der Waals surface area contributed by atoms with E-state index in [1.54, 1.807) is 6.92 Å². The third-order valence-electron chi connectivity index (χ3n) is 2.92. The lowest BCUT2D eigenvalue weighted by atomic mass is 10.1. The van der Waals surface area contributed by atoms with Crippen LogP contribution < -0.4 is 15.8 Å². The van der Waals surface area contributed by atoms with Gasteiger partial charge in [-0.15, -0.1) is 0 Å². The summed E-state index contributed by atoms with van der Waals surface area (Å²) in [6, 6.07) is 7.52. The molecule has 0 bridgehead atoms. The normalized spacial score (nSPS) is 13.7. The number of amides is 1. The molecule has 2 atom stereocenters. The highest BCUT2D eigenvalue weighted by Gasteiger charge is 2.13. The second-order valence-electron chi connectivity index (χ2n) is 4.76. The zero-order chi connectivity index (χ0) is 14.3. The molecule has 0 aromatic heterocycles. The zero-order valence-corrected chi connectivity index (χ0v) is 12.0. The maximum absolute atomic E-state index is 11.7. The fourth-order valence-electron chi connectivity index (χ4n) is 1.64. The van der Waals surface area contributed by atoms with Crippen LogP contribution in [0.1, 0.15) is 45.2 Å². The van der Waals surface area contributed by atoms with Crippen molar-refractivity contribution >= 4 is 5.91 Å². The van der Waals surface area contributed by atoms with Gasteiger partial charge in [0.2, 0.25) is 0 Å². The van der Waals surface area contributed by atoms with Crippen molar-refractivity contribution in [3.05, 3.63) is 29.8 Å². The molecule has 4 heteroatoms. The molecule has 0 aliphatic rings. The predicted octanol–water partition coefficient (Wildman–Crippen LogP) is 2.39. The number of rotatable bonds is 7. The number of hydrogen-bond donors (Lipinski definition) is 2. The molecule has 1 aromatic carbocycles. The van der Waals surface area contributed by atoms with Gasteiger partial charge in [-0.2, -0.15) is 0 Å². The summed E-state index contributed by atoms with van der Waals surface area (Å²) in [5, 5.41) is 2.85. The average Bonchev–Trinajstić information content (AvgIpc) is 2.39. The van der Waals surface area contributed by atoms with Gasteiger partial charge in [0.05, 0.1) is 0 Å². The van der Waals surface area contributed by atoms with Crippen molar-refractivity contribution in [1.29, 1.82) is 0 Å². The van der Waals surface area contributed by atoms with Crippen LogP contribution in [0.4, 0.5) is 0 Å². The van der Waals surface area contributed by atoms with Crippen LogP contribution in [-0.2, 0) is 4.79 Å². The maximum atomic E-state index is 11.7. The number of carbonyl (C=O) groups is 1. The van der Waals surface area contributed by atoms with Crippen molar-refractivity contribution in [2.45, 2.75) is 45.8 Å². The van der Waals surface area contributed by atoms with Crippen molar-refractivity contribution in [3.63, 3.8) is 0 Å². The van der Waals surface area contributed by atoms with Crippen LogP contribution in [0.5, 0.6) is 5.75 Å². The molecule has 1 rings (SSSR count). The van der Waals surface area contributed by atoms with Gasteiger partial charge >= 0.3 is 0 Å². The molecule has 1 amide bonds. The summed E-state index contributed by atoms with van der Waals surface area (Å²) in [5.74, 6) is 0.604. The Hall–Kier alpha value is -1.55. The quantitative estimate of drug-likeness (QED) is 0.743. The highest BCUT2D eigenvalue weighted by molar-refractivity contribution is 5.80. The van der Waals surface area contributed by atoms with Gasteiger partial charge in [-0.3, -0.25) is 4.79 Å². The molecule has 0 radical (unpaired) electrons. The number of unbranched alkanes of at least 4 members (excludes halogenated alkanes) is 1. The molecular weight excluding hydrogens is 240 g/mol. The molecule has 0 spiro atoms. The van der Waals surface area contributed by atoms with E-state index in [0.29, 0.717) is 12.3 Å². The third kappa shape index (κ3) is 5.30. The minimum absolute atomic E-state index is 0.00353. The highest BCUT2D eigenvalue weighted by atomic mass is 16.5. The number of ether oxygens (including phenoxy) is 1. The van der Waals surface area contributed by atoms with E-state index in [9.17, 15) is 4.79 Å². The smallest absolute Gasteiger partial charge is 0.260 e. The first-order valence-electron chi connectivity index (χ1n) is 6.84. The number of benzene rings is 1. The minimum Gasteiger partial charge on any atom is -0.481 e. The van der Waals surface area contributed by atoms with E-state index in [2.05, 4.69) is 12.2 Å². The third-order valence-corrected chi connectivity index (χ3v) is 2.92. The summed E-state index contributed by atoms with van der Waals surface area (Å²) in [6.45, 7) is 6.47. The average molecular weight is 264 g/mol. The molecule has 1 aromatic rings. The van der Waals surface area contributed by atoms with Crippen molar-refractivity contribution in [3.8, 4) is 5.75 Å². The number of hydrogen-bond acceptors (Lipinski definition) is 3. The van der Waals surface area contributed by atoms with E-state index in [4.69, 9.17) is 10.5 Å². The Bertz CT molecular complexity index is 388. The van der Waals surface area contributed by atoms with Crippen molar-refractivity contribution in [2.24, 2.45) is 5.73 Å². The van der Waals surface area contributed by atoms with Gasteiger partial charge in [-0.25, -0.2) is 0 Å². The van der Waals surface area contributed by atoms with Crippen LogP contribution in [0.3, 0.4) is 0 Å². The van der Waals surface area contributed by atoms with Gasteiger partial charge in [0.15, 0.2) is 6.10 Å². The molecule has 19 heavy (non-hydrogen) atoms. The Morgan fingerprint density at radius 1 is 1.32 bits per heavy atom. The monoisotopic (exact) mass is 264 g/mol. The topological polar surface area (TPSA) is 64.3 Å². The van der Waals surface area contributed by atoms with Gasteiger partial charge in [-0.05, 0) is 38.0 Å². The van der Waals surface area contributed by atoms with E-state index >= 15 is 0 Å². The molecule has 0 heterocycles. The van der Waals surface area contributed by atoms with E-state index in [0.717, 1.165) is 18.4 Å². The first-order chi connectivity index (χ1) is 9.04. The summed E-state index contributed by atoms with van der Waals surface area (Å²) in [6.07, 6.45) is 1.56. The van der Waals surface area contributed by atoms with Crippen molar-refractivity contribution in [1.82, 2.24) is 5.32 Å². The van der Waals surface area contributed by atoms with Crippen LogP contribution >= 0.6 is 0 Å². The van der Waals surface area contributed by atoms with Gasteiger partial charge in [-0.1, -0.05) is 25.5 Å². The fraction of sp³-hybridized carbons (Fsp3) is 0.533. The zero-order valence-electron chi connectivity index (χ0n) is 12.0. The molecule has 0 saturated heterocycles. The largest absolute Gasteiger partial charge is 0.481 e. The summed E-state index contributed by atoms with van der Waals surface area (Å²) >= 11 is 0. The molecule has 2 unspecified atom stereocenters. The number of nitrogens with one attached hydrogen (secondary N) is 1. The van der Waals surface area contributed by atoms with Gasteiger partial charge in [0.1, 0.15) is 5.75 Å². The van der Waals surface area contributed by atoms with Crippen molar-refractivity contribution < 1.29 is 9.53 Å². The van der Waals surface area contributed by atoms with Gasteiger partial charge < -0.3 is 15.8 Å². The van der Waals surface area contributed by atoms with E-state index in [-0.39, 0.29) is 11.9 Å².